The van der Waals surface area contributed by atoms with E-state index in [1.165, 1.54) is 12.1 Å². The fraction of sp³-hybridized carbons (Fsp3) is 0.250. The van der Waals surface area contributed by atoms with Crippen molar-refractivity contribution < 1.29 is 38.5 Å². The Balaban J connectivity index is 2.25. The number of esters is 1. The van der Waals surface area contributed by atoms with Crippen molar-refractivity contribution in [2.45, 2.75) is 18.9 Å². The van der Waals surface area contributed by atoms with Crippen molar-refractivity contribution in [2.24, 2.45) is 0 Å². The van der Waals surface area contributed by atoms with E-state index < -0.39 is 29.8 Å². The predicted octanol–water partition coefficient (Wildman–Crippen LogP) is 2.22. The lowest BCUT2D eigenvalue weighted by Crippen LogP contribution is -2.30. The van der Waals surface area contributed by atoms with Gasteiger partial charge in [0.25, 0.3) is 0 Å². The second-order valence-corrected chi connectivity index (χ2v) is 6.14. The van der Waals surface area contributed by atoms with Crippen LogP contribution < -0.4 is 10.9 Å². The summed E-state index contributed by atoms with van der Waals surface area (Å²) in [7, 11) is 1.03. The summed E-state index contributed by atoms with van der Waals surface area (Å²) in [6, 6.07) is 2.43. The van der Waals surface area contributed by atoms with E-state index in [4.69, 9.17) is 4.42 Å². The first-order valence-electron chi connectivity index (χ1n) is 7.45. The Kier molecular flexibility index (Phi) is 6.40. The molecule has 10 nitrogen and oxygen atoms in total. The normalized spacial score (nSPS) is 11.6. The molecule has 2 aromatic rings. The number of carbonyl (C=O) groups excluding carboxylic acids is 2. The molecule has 0 aliphatic heterocycles. The van der Waals surface area contributed by atoms with E-state index in [9.17, 15) is 29.4 Å². The quantitative estimate of drug-likeness (QED) is 0.343. The smallest absolute Gasteiger partial charge is 0.507 e. The van der Waals surface area contributed by atoms with E-state index in [2.05, 4.69) is 30.7 Å². The van der Waals surface area contributed by atoms with Gasteiger partial charge in [0.2, 0.25) is 0 Å². The lowest BCUT2D eigenvalue weighted by Gasteiger charge is -2.16. The maximum atomic E-state index is 11.7. The fourth-order valence-corrected chi connectivity index (χ4v) is 2.53. The molecule has 0 saturated heterocycles. The number of hydrogen-bond acceptors (Lipinski definition) is 9. The number of hydrogen-bond donors (Lipinski definition) is 3. The van der Waals surface area contributed by atoms with Gasteiger partial charge in [0.15, 0.2) is 0 Å². The first-order chi connectivity index (χ1) is 12.7. The predicted molar refractivity (Wildman–Crippen MR) is 94.6 cm³/mol. The number of methoxy groups -OCH3 is 1. The SMILES string of the molecule is COC(=O)OC(=O)CC[C@H](Nc1cc(=O)oc2cc(O)c(Br)cc12)C(=O)O. The second-order valence-electron chi connectivity index (χ2n) is 5.28. The molecule has 0 bridgehead atoms. The van der Waals surface area contributed by atoms with Crippen LogP contribution in [0.4, 0.5) is 10.5 Å². The number of nitrogens with one attached hydrogen (secondary N) is 1. The Hall–Kier alpha value is -3.08. The van der Waals surface area contributed by atoms with Crippen LogP contribution in [-0.4, -0.2) is 41.5 Å². The summed E-state index contributed by atoms with van der Waals surface area (Å²) in [6.45, 7) is 0. The number of carbonyl (C=O) groups is 3. The molecular formula is C16H14BrNO9. The Morgan fingerprint density at radius 2 is 2.00 bits per heavy atom. The molecule has 3 N–H and O–H groups in total. The molecule has 0 unspecified atom stereocenters. The van der Waals surface area contributed by atoms with Crippen LogP contribution in [0, 0.1) is 0 Å². The maximum Gasteiger partial charge on any atom is 0.515 e. The van der Waals surface area contributed by atoms with Crippen LogP contribution in [-0.2, 0) is 19.1 Å². The van der Waals surface area contributed by atoms with Crippen LogP contribution in [0.15, 0.2) is 31.9 Å². The van der Waals surface area contributed by atoms with E-state index in [0.717, 1.165) is 13.2 Å². The summed E-state index contributed by atoms with van der Waals surface area (Å²) in [5, 5.41) is 22.0. The van der Waals surface area contributed by atoms with Crippen LogP contribution >= 0.6 is 15.9 Å². The summed E-state index contributed by atoms with van der Waals surface area (Å²) in [6.07, 6.45) is -1.81. The molecule has 0 amide bonds. The average Bonchev–Trinajstić information content (AvgIpc) is 2.59. The number of rotatable bonds is 6. The third kappa shape index (κ3) is 5.20. The molecule has 1 aromatic heterocycles. The van der Waals surface area contributed by atoms with Crippen LogP contribution in [0.5, 0.6) is 5.75 Å². The summed E-state index contributed by atoms with van der Waals surface area (Å²) >= 11 is 3.12. The monoisotopic (exact) mass is 443 g/mol. The second kappa shape index (κ2) is 8.54. The molecule has 1 aromatic carbocycles. The van der Waals surface area contributed by atoms with Crippen molar-refractivity contribution >= 4 is 50.7 Å². The van der Waals surface area contributed by atoms with Gasteiger partial charge in [-0.1, -0.05) is 0 Å². The number of carboxylic acids is 1. The number of aromatic hydroxyl groups is 1. The number of ether oxygens (including phenoxy) is 2. The van der Waals surface area contributed by atoms with Crippen molar-refractivity contribution in [1.29, 1.82) is 0 Å². The van der Waals surface area contributed by atoms with Crippen LogP contribution in [0.25, 0.3) is 11.0 Å². The molecular weight excluding hydrogens is 430 g/mol. The standard InChI is InChI=1S/C16H14BrNO9/c1-25-16(24)27-13(20)3-2-9(15(22)23)18-10-5-14(21)26-12-6-11(19)8(17)4-7(10)12/h4-6,9,18-19H,2-3H2,1H3,(H,22,23)/t9-/m0/s1. The molecule has 2 rings (SSSR count). The van der Waals surface area contributed by atoms with Gasteiger partial charge < -0.3 is 29.4 Å². The van der Waals surface area contributed by atoms with E-state index in [1.807, 2.05) is 0 Å². The lowest BCUT2D eigenvalue weighted by molar-refractivity contribution is -0.140. The van der Waals surface area contributed by atoms with E-state index in [-0.39, 0.29) is 29.9 Å². The van der Waals surface area contributed by atoms with Crippen molar-refractivity contribution in [3.63, 3.8) is 0 Å². The maximum absolute atomic E-state index is 11.7. The van der Waals surface area contributed by atoms with Gasteiger partial charge in [0, 0.05) is 23.9 Å². The average molecular weight is 444 g/mol. The third-order valence-corrected chi connectivity index (χ3v) is 4.08. The number of benzene rings is 1. The van der Waals surface area contributed by atoms with Crippen molar-refractivity contribution in [1.82, 2.24) is 0 Å². The highest BCUT2D eigenvalue weighted by Crippen LogP contribution is 2.32. The molecule has 0 aliphatic carbocycles. The number of halogens is 1. The van der Waals surface area contributed by atoms with Gasteiger partial charge >= 0.3 is 23.7 Å². The minimum absolute atomic E-state index is 0.0416. The number of phenols is 1. The first kappa shape index (κ1) is 20.2. The Bertz CT molecular complexity index is 953. The van der Waals surface area contributed by atoms with Gasteiger partial charge in [-0.3, -0.25) is 4.79 Å². The molecule has 0 saturated carbocycles. The lowest BCUT2D eigenvalue weighted by atomic mass is 10.1. The van der Waals surface area contributed by atoms with E-state index >= 15 is 0 Å². The van der Waals surface area contributed by atoms with Gasteiger partial charge in [-0.2, -0.15) is 0 Å². The van der Waals surface area contributed by atoms with Gasteiger partial charge in [-0.25, -0.2) is 14.4 Å². The molecule has 27 heavy (non-hydrogen) atoms. The van der Waals surface area contributed by atoms with Crippen LogP contribution in [0.1, 0.15) is 12.8 Å². The van der Waals surface area contributed by atoms with Gasteiger partial charge in [-0.05, 0) is 28.4 Å². The van der Waals surface area contributed by atoms with Gasteiger partial charge in [0.05, 0.1) is 17.3 Å². The summed E-state index contributed by atoms with van der Waals surface area (Å²) in [5.41, 5.74) is -0.586. The largest absolute Gasteiger partial charge is 0.515 e. The Morgan fingerprint density at radius 1 is 1.30 bits per heavy atom. The van der Waals surface area contributed by atoms with Crippen LogP contribution in [0.2, 0.25) is 0 Å². The topological polar surface area (TPSA) is 152 Å². The van der Waals surface area contributed by atoms with E-state index in [1.54, 1.807) is 0 Å². The van der Waals surface area contributed by atoms with E-state index in [0.29, 0.717) is 9.86 Å². The first-order valence-corrected chi connectivity index (χ1v) is 8.25. The van der Waals surface area contributed by atoms with Gasteiger partial charge in [0.1, 0.15) is 17.4 Å². The highest BCUT2D eigenvalue weighted by atomic mass is 79.9. The molecule has 144 valence electrons. The third-order valence-electron chi connectivity index (χ3n) is 3.44. The van der Waals surface area contributed by atoms with Crippen molar-refractivity contribution in [3.05, 3.63) is 33.1 Å². The molecule has 1 heterocycles. The zero-order valence-electron chi connectivity index (χ0n) is 13.9. The Morgan fingerprint density at radius 3 is 2.63 bits per heavy atom. The summed E-state index contributed by atoms with van der Waals surface area (Å²) in [4.78, 5) is 45.5. The molecule has 0 radical (unpaired) electrons. The zero-order valence-corrected chi connectivity index (χ0v) is 15.4. The number of anilines is 1. The Labute approximate surface area is 159 Å². The fourth-order valence-electron chi connectivity index (χ4n) is 2.18. The molecule has 1 atom stereocenters. The molecule has 0 fully saturated rings. The number of aliphatic carboxylic acids is 1. The highest BCUT2D eigenvalue weighted by molar-refractivity contribution is 9.10. The summed E-state index contributed by atoms with van der Waals surface area (Å²) < 4.78 is 13.7. The number of carboxylic acid groups (broad SMARTS) is 1. The summed E-state index contributed by atoms with van der Waals surface area (Å²) in [5.74, 6) is -2.41. The number of fused-ring (bicyclic) bond motifs is 1. The minimum atomic E-state index is -1.29. The molecule has 11 heteroatoms. The van der Waals surface area contributed by atoms with Gasteiger partial charge in [-0.15, -0.1) is 0 Å². The van der Waals surface area contributed by atoms with Crippen molar-refractivity contribution in [3.8, 4) is 5.75 Å². The highest BCUT2D eigenvalue weighted by Gasteiger charge is 2.22. The zero-order chi connectivity index (χ0) is 20.1. The van der Waals surface area contributed by atoms with Crippen molar-refractivity contribution in [2.75, 3.05) is 12.4 Å². The molecule has 0 spiro atoms. The van der Waals surface area contributed by atoms with Crippen LogP contribution in [0.3, 0.4) is 0 Å². The molecule has 0 aliphatic rings. The minimum Gasteiger partial charge on any atom is -0.507 e. The number of phenolic OH excluding ortho intramolecular Hbond substituents is 1.